The first-order valence-corrected chi connectivity index (χ1v) is 5.37. The van der Waals surface area contributed by atoms with Crippen LogP contribution >= 0.6 is 15.9 Å². The van der Waals surface area contributed by atoms with Crippen LogP contribution in [0.4, 0.5) is 0 Å². The summed E-state index contributed by atoms with van der Waals surface area (Å²) in [5.74, 6) is -0.192. The number of carbonyl (C=O) groups is 1. The zero-order valence-electron chi connectivity index (χ0n) is 7.83. The number of fused-ring (bicyclic) bond motifs is 1. The van der Waals surface area contributed by atoms with E-state index in [2.05, 4.69) is 27.8 Å². The Kier molecular flexibility index (Phi) is 2.34. The van der Waals surface area contributed by atoms with Crippen LogP contribution in [0.3, 0.4) is 0 Å². The average Bonchev–Trinajstić information content (AvgIpc) is 2.44. The van der Waals surface area contributed by atoms with Gasteiger partial charge in [-0.3, -0.25) is 0 Å². The van der Waals surface area contributed by atoms with Crippen molar-refractivity contribution in [1.29, 1.82) is 0 Å². The third-order valence-corrected chi connectivity index (χ3v) is 3.24. The molecule has 2 rings (SSSR count). The van der Waals surface area contributed by atoms with Gasteiger partial charge in [0.2, 0.25) is 5.82 Å². The van der Waals surface area contributed by atoms with Crippen molar-refractivity contribution in [2.45, 2.75) is 26.3 Å². The molecule has 1 aliphatic rings. The Hall–Kier alpha value is -0.840. The zero-order chi connectivity index (χ0) is 10.3. The number of carboxylic acids is 1. The maximum absolute atomic E-state index is 10.9. The van der Waals surface area contributed by atoms with Crippen LogP contribution in [0.5, 0.6) is 0 Å². The first-order chi connectivity index (χ1) is 6.59. The van der Waals surface area contributed by atoms with E-state index in [0.29, 0.717) is 10.5 Å². The van der Waals surface area contributed by atoms with Gasteiger partial charge in [-0.2, -0.15) is 0 Å². The second-order valence-electron chi connectivity index (χ2n) is 3.73. The van der Waals surface area contributed by atoms with Crippen molar-refractivity contribution in [3.8, 4) is 0 Å². The molecule has 0 aliphatic carbocycles. The van der Waals surface area contributed by atoms with Gasteiger partial charge in [0.05, 0.1) is 5.69 Å². The summed E-state index contributed by atoms with van der Waals surface area (Å²) in [5, 5.41) is 8.92. The third-order valence-electron chi connectivity index (χ3n) is 2.60. The maximum Gasteiger partial charge on any atom is 0.372 e. The molecule has 1 aromatic heterocycles. The van der Waals surface area contributed by atoms with E-state index in [-0.39, 0.29) is 5.82 Å². The van der Waals surface area contributed by atoms with Crippen molar-refractivity contribution >= 4 is 21.9 Å². The van der Waals surface area contributed by atoms with Crippen molar-refractivity contribution in [2.75, 3.05) is 0 Å². The fourth-order valence-corrected chi connectivity index (χ4v) is 2.38. The Labute approximate surface area is 90.1 Å². The molecule has 1 unspecified atom stereocenters. The highest BCUT2D eigenvalue weighted by Gasteiger charge is 2.25. The summed E-state index contributed by atoms with van der Waals surface area (Å²) >= 11 is 3.30. The predicted octanol–water partition coefficient (Wildman–Crippen LogP) is 1.93. The van der Waals surface area contributed by atoms with E-state index in [0.717, 1.165) is 25.1 Å². The Morgan fingerprint density at radius 1 is 1.71 bits per heavy atom. The number of halogens is 1. The molecule has 1 N–H and O–H groups in total. The number of nitrogens with zero attached hydrogens (tertiary/aromatic N) is 2. The zero-order valence-corrected chi connectivity index (χ0v) is 9.41. The highest BCUT2D eigenvalue weighted by Crippen LogP contribution is 2.27. The minimum atomic E-state index is -0.952. The molecule has 0 radical (unpaired) electrons. The molecule has 5 heteroatoms. The highest BCUT2D eigenvalue weighted by molar-refractivity contribution is 9.10. The van der Waals surface area contributed by atoms with Crippen LogP contribution in [0.15, 0.2) is 4.60 Å². The topological polar surface area (TPSA) is 55.1 Å². The van der Waals surface area contributed by atoms with E-state index in [9.17, 15) is 4.79 Å². The van der Waals surface area contributed by atoms with Crippen LogP contribution < -0.4 is 0 Å². The average molecular weight is 259 g/mol. The highest BCUT2D eigenvalue weighted by atomic mass is 79.9. The molecular weight excluding hydrogens is 248 g/mol. The molecule has 0 saturated carbocycles. The number of carboxylic acid groups (broad SMARTS) is 1. The number of rotatable bonds is 1. The standard InChI is InChI=1S/C9H11BrN2O2/c1-5-2-3-12-6(4-5)7(10)11-8(12)9(13)14/h5H,2-4H2,1H3,(H,13,14). The lowest BCUT2D eigenvalue weighted by Gasteiger charge is -2.21. The van der Waals surface area contributed by atoms with Gasteiger partial charge in [-0.05, 0) is 34.7 Å². The molecule has 0 bridgehead atoms. The van der Waals surface area contributed by atoms with E-state index < -0.39 is 5.97 Å². The van der Waals surface area contributed by atoms with Crippen LogP contribution in [0.1, 0.15) is 29.7 Å². The fourth-order valence-electron chi connectivity index (χ4n) is 1.84. The van der Waals surface area contributed by atoms with E-state index in [4.69, 9.17) is 5.11 Å². The van der Waals surface area contributed by atoms with Crippen LogP contribution in [0.25, 0.3) is 0 Å². The maximum atomic E-state index is 10.9. The summed E-state index contributed by atoms with van der Waals surface area (Å²) in [4.78, 5) is 14.9. The van der Waals surface area contributed by atoms with Gasteiger partial charge in [0, 0.05) is 6.54 Å². The lowest BCUT2D eigenvalue weighted by Crippen LogP contribution is -2.20. The van der Waals surface area contributed by atoms with Crippen molar-refractivity contribution in [3.05, 3.63) is 16.1 Å². The van der Waals surface area contributed by atoms with Gasteiger partial charge in [0.15, 0.2) is 0 Å². The second kappa shape index (κ2) is 3.38. The Bertz CT molecular complexity index is 386. The second-order valence-corrected chi connectivity index (χ2v) is 4.48. The molecule has 0 saturated heterocycles. The lowest BCUT2D eigenvalue weighted by molar-refractivity contribution is 0.0676. The SMILES string of the molecule is CC1CCn2c(C(=O)O)nc(Br)c2C1. The minimum absolute atomic E-state index is 0.152. The molecule has 0 fully saturated rings. The number of hydrogen-bond donors (Lipinski definition) is 1. The molecule has 1 aliphatic heterocycles. The molecule has 0 spiro atoms. The summed E-state index contributed by atoms with van der Waals surface area (Å²) in [7, 11) is 0. The van der Waals surface area contributed by atoms with Gasteiger partial charge < -0.3 is 9.67 Å². The number of aromatic nitrogens is 2. The quantitative estimate of drug-likeness (QED) is 0.838. The van der Waals surface area contributed by atoms with Crippen molar-refractivity contribution < 1.29 is 9.90 Å². The van der Waals surface area contributed by atoms with E-state index in [1.165, 1.54) is 0 Å². The Balaban J connectivity index is 2.49. The van der Waals surface area contributed by atoms with Crippen molar-refractivity contribution in [1.82, 2.24) is 9.55 Å². The van der Waals surface area contributed by atoms with E-state index in [1.807, 2.05) is 0 Å². The largest absolute Gasteiger partial charge is 0.475 e. The predicted molar refractivity (Wildman–Crippen MR) is 54.4 cm³/mol. The lowest BCUT2D eigenvalue weighted by atomic mass is 9.99. The normalized spacial score (nSPS) is 20.6. The summed E-state index contributed by atoms with van der Waals surface area (Å²) in [6, 6.07) is 0. The molecule has 0 amide bonds. The summed E-state index contributed by atoms with van der Waals surface area (Å²) < 4.78 is 2.48. The van der Waals surface area contributed by atoms with Crippen LogP contribution in [-0.2, 0) is 13.0 Å². The number of aromatic carboxylic acids is 1. The monoisotopic (exact) mass is 258 g/mol. The van der Waals surface area contributed by atoms with Gasteiger partial charge >= 0.3 is 5.97 Å². The van der Waals surface area contributed by atoms with E-state index in [1.54, 1.807) is 4.57 Å². The first-order valence-electron chi connectivity index (χ1n) is 4.57. The third kappa shape index (κ3) is 1.45. The Morgan fingerprint density at radius 2 is 2.43 bits per heavy atom. The molecule has 76 valence electrons. The summed E-state index contributed by atoms with van der Waals surface area (Å²) in [5.41, 5.74) is 1.01. The molecule has 0 aromatic carbocycles. The van der Waals surface area contributed by atoms with Crippen molar-refractivity contribution in [2.24, 2.45) is 5.92 Å². The molecule has 1 aromatic rings. The van der Waals surface area contributed by atoms with Crippen molar-refractivity contribution in [3.63, 3.8) is 0 Å². The smallest absolute Gasteiger partial charge is 0.372 e. The Morgan fingerprint density at radius 3 is 3.07 bits per heavy atom. The van der Waals surface area contributed by atoms with Gasteiger partial charge in [0.25, 0.3) is 0 Å². The van der Waals surface area contributed by atoms with Crippen LogP contribution in [-0.4, -0.2) is 20.6 Å². The van der Waals surface area contributed by atoms with E-state index >= 15 is 0 Å². The van der Waals surface area contributed by atoms with Gasteiger partial charge in [0.1, 0.15) is 4.60 Å². The first kappa shape index (κ1) is 9.71. The van der Waals surface area contributed by atoms with Crippen LogP contribution in [0, 0.1) is 5.92 Å². The summed E-state index contributed by atoms with van der Waals surface area (Å²) in [6.07, 6.45) is 1.93. The van der Waals surface area contributed by atoms with Gasteiger partial charge in [-0.1, -0.05) is 6.92 Å². The number of hydrogen-bond acceptors (Lipinski definition) is 2. The minimum Gasteiger partial charge on any atom is -0.475 e. The van der Waals surface area contributed by atoms with Gasteiger partial charge in [-0.25, -0.2) is 9.78 Å². The summed E-state index contributed by atoms with van der Waals surface area (Å²) in [6.45, 7) is 2.93. The molecule has 1 atom stereocenters. The molecule has 2 heterocycles. The fraction of sp³-hybridized carbons (Fsp3) is 0.556. The molecular formula is C9H11BrN2O2. The number of imidazole rings is 1. The molecule has 14 heavy (non-hydrogen) atoms. The molecule has 4 nitrogen and oxygen atoms in total. The van der Waals surface area contributed by atoms with Gasteiger partial charge in [-0.15, -0.1) is 0 Å². The van der Waals surface area contributed by atoms with Crippen LogP contribution in [0.2, 0.25) is 0 Å².